The van der Waals surface area contributed by atoms with Gasteiger partial charge in [0.2, 0.25) is 0 Å². The monoisotopic (exact) mass is 445 g/mol. The molecule has 4 heteroatoms. The van der Waals surface area contributed by atoms with Crippen molar-refractivity contribution >= 4 is 0 Å². The number of aliphatic hydroxyl groups is 1. The number of aliphatic hydroxyl groups excluding tert-OH is 1. The van der Waals surface area contributed by atoms with E-state index in [0.29, 0.717) is 41.8 Å². The molecule has 0 aromatic rings. The minimum absolute atomic E-state index is 0.0520. The van der Waals surface area contributed by atoms with Gasteiger partial charge >= 0.3 is 0 Å². The number of likely N-dealkylation sites (tertiary alicyclic amines) is 1. The van der Waals surface area contributed by atoms with Gasteiger partial charge in [0.25, 0.3) is 0 Å². The second kappa shape index (κ2) is 9.32. The molecule has 2 heterocycles. The molecule has 4 nitrogen and oxygen atoms in total. The van der Waals surface area contributed by atoms with E-state index in [9.17, 15) is 5.11 Å². The van der Waals surface area contributed by atoms with Crippen LogP contribution in [0.2, 0.25) is 0 Å². The number of piperidine rings is 1. The number of nitrogens with zero attached hydrogens (tertiary/aromatic N) is 1. The number of allylic oxidation sites excluding steroid dienone is 1. The van der Waals surface area contributed by atoms with E-state index in [0.717, 1.165) is 32.5 Å². The minimum atomic E-state index is 0.0520. The fourth-order valence-corrected chi connectivity index (χ4v) is 8.57. The van der Waals surface area contributed by atoms with Gasteiger partial charge in [0.15, 0.2) is 6.29 Å². The van der Waals surface area contributed by atoms with E-state index in [4.69, 9.17) is 9.47 Å². The predicted octanol–water partition coefficient (Wildman–Crippen LogP) is 5.40. The molecular formula is C28H47NO3. The lowest BCUT2D eigenvalue weighted by Gasteiger charge is -2.63. The summed E-state index contributed by atoms with van der Waals surface area (Å²) in [7, 11) is 0. The second-order valence-electron chi connectivity index (χ2n) is 12.5. The van der Waals surface area contributed by atoms with E-state index in [1.54, 1.807) is 0 Å². The highest BCUT2D eigenvalue weighted by Crippen LogP contribution is 2.63. The highest BCUT2D eigenvalue weighted by atomic mass is 16.7. The normalized spacial score (nSPS) is 44.4. The molecule has 32 heavy (non-hydrogen) atoms. The molecular weight excluding hydrogens is 398 g/mol. The van der Waals surface area contributed by atoms with Crippen molar-refractivity contribution in [3.63, 3.8) is 0 Å². The van der Waals surface area contributed by atoms with Crippen LogP contribution in [-0.2, 0) is 9.47 Å². The van der Waals surface area contributed by atoms with Crippen LogP contribution in [0.25, 0.3) is 0 Å². The third-order valence-electron chi connectivity index (χ3n) is 10.7. The third kappa shape index (κ3) is 4.12. The molecule has 5 fully saturated rings. The molecule has 5 aliphatic rings. The average Bonchev–Trinajstić information content (AvgIpc) is 3.33. The molecule has 2 aliphatic heterocycles. The SMILES string of the molecule is C=C1CCC2[C@]3(C)CO[C@@H](C4CCCC4)O[C@@H]3CC[C@@]2(C)[C@@H]1CCN1CCC(CO)CC1. The van der Waals surface area contributed by atoms with Crippen LogP contribution in [0.3, 0.4) is 0 Å². The Hall–Kier alpha value is -0.420. The van der Waals surface area contributed by atoms with Crippen molar-refractivity contribution < 1.29 is 14.6 Å². The largest absolute Gasteiger partial charge is 0.396 e. The Balaban J connectivity index is 1.26. The van der Waals surface area contributed by atoms with Crippen LogP contribution in [-0.4, -0.2) is 55.2 Å². The van der Waals surface area contributed by atoms with Crippen molar-refractivity contribution in [1.29, 1.82) is 0 Å². The minimum Gasteiger partial charge on any atom is -0.396 e. The highest BCUT2D eigenvalue weighted by Gasteiger charge is 2.60. The quantitative estimate of drug-likeness (QED) is 0.575. The van der Waals surface area contributed by atoms with Crippen LogP contribution >= 0.6 is 0 Å². The Bertz CT molecular complexity index is 668. The van der Waals surface area contributed by atoms with Crippen LogP contribution in [0.4, 0.5) is 0 Å². The standard InChI is InChI=1S/C28H47NO3/c1-20-8-9-24-27(2,23(20)13-17-29-15-11-21(18-30)12-16-29)14-10-25-28(24,3)19-31-26(32-25)22-6-4-5-7-22/h21-26,30H,1,4-19H2,2-3H3/t23-,24?,25-,26-,27+,28+/m1/s1. The lowest BCUT2D eigenvalue weighted by molar-refractivity contribution is -0.316. The van der Waals surface area contributed by atoms with Crippen LogP contribution in [0, 0.1) is 34.5 Å². The van der Waals surface area contributed by atoms with Gasteiger partial charge in [-0.15, -0.1) is 0 Å². The Morgan fingerprint density at radius 3 is 2.50 bits per heavy atom. The summed E-state index contributed by atoms with van der Waals surface area (Å²) < 4.78 is 13.2. The van der Waals surface area contributed by atoms with Gasteiger partial charge in [-0.1, -0.05) is 38.8 Å². The van der Waals surface area contributed by atoms with Crippen molar-refractivity contribution in [3.8, 4) is 0 Å². The van der Waals surface area contributed by atoms with Gasteiger partial charge in [0.1, 0.15) is 0 Å². The Morgan fingerprint density at radius 1 is 1.03 bits per heavy atom. The summed E-state index contributed by atoms with van der Waals surface area (Å²) in [5.74, 6) is 2.42. The summed E-state index contributed by atoms with van der Waals surface area (Å²) in [5, 5.41) is 9.46. The molecule has 6 atom stereocenters. The van der Waals surface area contributed by atoms with Gasteiger partial charge in [-0.2, -0.15) is 0 Å². The average molecular weight is 446 g/mol. The molecule has 0 radical (unpaired) electrons. The molecule has 0 aromatic carbocycles. The van der Waals surface area contributed by atoms with Crippen molar-refractivity contribution in [2.75, 3.05) is 32.8 Å². The number of hydrogen-bond acceptors (Lipinski definition) is 4. The first kappa shape index (κ1) is 23.3. The Morgan fingerprint density at radius 2 is 1.78 bits per heavy atom. The van der Waals surface area contributed by atoms with Crippen molar-refractivity contribution in [3.05, 3.63) is 12.2 Å². The molecule has 182 valence electrons. The van der Waals surface area contributed by atoms with Gasteiger partial charge in [-0.25, -0.2) is 0 Å². The first-order chi connectivity index (χ1) is 15.4. The van der Waals surface area contributed by atoms with E-state index < -0.39 is 0 Å². The number of fused-ring (bicyclic) bond motifs is 3. The Kier molecular flexibility index (Phi) is 6.79. The van der Waals surface area contributed by atoms with Crippen molar-refractivity contribution in [2.45, 2.75) is 96.9 Å². The van der Waals surface area contributed by atoms with Crippen LogP contribution in [0.15, 0.2) is 12.2 Å². The highest BCUT2D eigenvalue weighted by molar-refractivity contribution is 5.18. The maximum absolute atomic E-state index is 9.46. The van der Waals surface area contributed by atoms with Gasteiger partial charge in [0, 0.05) is 17.9 Å². The van der Waals surface area contributed by atoms with Crippen molar-refractivity contribution in [2.24, 2.45) is 34.5 Å². The molecule has 0 aromatic heterocycles. The van der Waals surface area contributed by atoms with Crippen molar-refractivity contribution in [1.82, 2.24) is 4.90 Å². The predicted molar refractivity (Wildman–Crippen MR) is 128 cm³/mol. The van der Waals surface area contributed by atoms with E-state index in [1.165, 1.54) is 69.9 Å². The van der Waals surface area contributed by atoms with E-state index >= 15 is 0 Å². The molecule has 2 saturated heterocycles. The molecule has 1 unspecified atom stereocenters. The second-order valence-corrected chi connectivity index (χ2v) is 12.5. The van der Waals surface area contributed by atoms with Crippen LogP contribution in [0.5, 0.6) is 0 Å². The molecule has 0 bridgehead atoms. The summed E-state index contributed by atoms with van der Waals surface area (Å²) in [4.78, 5) is 2.64. The molecule has 0 amide bonds. The van der Waals surface area contributed by atoms with E-state index in [2.05, 4.69) is 25.3 Å². The van der Waals surface area contributed by atoms with Crippen LogP contribution in [0.1, 0.15) is 84.5 Å². The zero-order chi connectivity index (χ0) is 22.3. The maximum atomic E-state index is 9.46. The Labute approximate surface area is 196 Å². The number of hydrogen-bond donors (Lipinski definition) is 1. The molecule has 3 aliphatic carbocycles. The number of ether oxygens (including phenoxy) is 2. The first-order valence-corrected chi connectivity index (χ1v) is 13.7. The van der Waals surface area contributed by atoms with E-state index in [1.807, 2.05) is 0 Å². The zero-order valence-corrected chi connectivity index (χ0v) is 20.7. The molecule has 0 spiro atoms. The molecule has 5 rings (SSSR count). The summed E-state index contributed by atoms with van der Waals surface area (Å²) in [6, 6.07) is 0. The molecule has 3 saturated carbocycles. The van der Waals surface area contributed by atoms with E-state index in [-0.39, 0.29) is 11.7 Å². The first-order valence-electron chi connectivity index (χ1n) is 13.7. The fraction of sp³-hybridized carbons (Fsp3) is 0.929. The lowest BCUT2D eigenvalue weighted by atomic mass is 9.46. The lowest BCUT2D eigenvalue weighted by Crippen LogP contribution is -2.62. The third-order valence-corrected chi connectivity index (χ3v) is 10.7. The van der Waals surface area contributed by atoms with Gasteiger partial charge < -0.3 is 19.5 Å². The summed E-state index contributed by atoms with van der Waals surface area (Å²) in [6.07, 6.45) is 14.1. The topological polar surface area (TPSA) is 41.9 Å². The summed E-state index contributed by atoms with van der Waals surface area (Å²) in [5.41, 5.74) is 1.95. The van der Waals surface area contributed by atoms with Gasteiger partial charge in [-0.3, -0.25) is 0 Å². The number of rotatable bonds is 5. The summed E-state index contributed by atoms with van der Waals surface area (Å²) in [6.45, 7) is 14.4. The summed E-state index contributed by atoms with van der Waals surface area (Å²) >= 11 is 0. The molecule has 1 N–H and O–H groups in total. The zero-order valence-electron chi connectivity index (χ0n) is 20.7. The van der Waals surface area contributed by atoms with Gasteiger partial charge in [-0.05, 0) is 101 Å². The fourth-order valence-electron chi connectivity index (χ4n) is 8.57. The van der Waals surface area contributed by atoms with Crippen LogP contribution < -0.4 is 0 Å². The van der Waals surface area contributed by atoms with Gasteiger partial charge in [0.05, 0.1) is 12.7 Å². The smallest absolute Gasteiger partial charge is 0.160 e. The maximum Gasteiger partial charge on any atom is 0.160 e.